The zero-order valence-corrected chi connectivity index (χ0v) is 14.8. The largest absolute Gasteiger partial charge is 0.492 e. The topological polar surface area (TPSA) is 47.6 Å². The number of aryl methyl sites for hydroxylation is 2. The van der Waals surface area contributed by atoms with E-state index in [0.717, 1.165) is 16.9 Å². The molecule has 25 heavy (non-hydrogen) atoms. The lowest BCUT2D eigenvalue weighted by molar-refractivity contribution is -0.128. The number of carbonyl (C=O) groups excluding carboxylic acids is 1. The molecule has 0 aliphatic heterocycles. The normalized spacial score (nSPS) is 11.7. The van der Waals surface area contributed by atoms with Crippen LogP contribution in [0.15, 0.2) is 42.5 Å². The third-order valence-corrected chi connectivity index (χ3v) is 3.63. The Morgan fingerprint density at radius 1 is 1.16 bits per heavy atom. The van der Waals surface area contributed by atoms with Gasteiger partial charge >= 0.3 is 0 Å². The van der Waals surface area contributed by atoms with Gasteiger partial charge in [0.2, 0.25) is 0 Å². The number of hydrogen-bond acceptors (Lipinski definition) is 3. The Hall–Kier alpha value is -2.56. The van der Waals surface area contributed by atoms with Crippen LogP contribution in [0.1, 0.15) is 24.5 Å². The molecule has 2 aromatic rings. The summed E-state index contributed by atoms with van der Waals surface area (Å²) >= 11 is 0. The molecule has 1 atom stereocenters. The summed E-state index contributed by atoms with van der Waals surface area (Å²) in [6.07, 6.45) is -0.295. The predicted molar refractivity (Wildman–Crippen MR) is 95.5 cm³/mol. The minimum Gasteiger partial charge on any atom is -0.492 e. The fourth-order valence-electron chi connectivity index (χ4n) is 2.49. The molecule has 1 amide bonds. The van der Waals surface area contributed by atoms with E-state index in [9.17, 15) is 9.18 Å². The second kappa shape index (κ2) is 9.06. The van der Waals surface area contributed by atoms with E-state index in [-0.39, 0.29) is 11.7 Å². The van der Waals surface area contributed by atoms with Crippen molar-refractivity contribution in [2.45, 2.75) is 33.3 Å². The van der Waals surface area contributed by atoms with E-state index in [0.29, 0.717) is 19.6 Å². The predicted octanol–water partition coefficient (Wildman–Crippen LogP) is 3.80. The van der Waals surface area contributed by atoms with Crippen LogP contribution in [-0.2, 0) is 4.79 Å². The number of halogens is 1. The van der Waals surface area contributed by atoms with Crippen molar-refractivity contribution in [3.05, 3.63) is 59.4 Å². The van der Waals surface area contributed by atoms with Gasteiger partial charge in [-0.05, 0) is 55.7 Å². The Balaban J connectivity index is 1.81. The molecule has 2 rings (SSSR count). The van der Waals surface area contributed by atoms with Gasteiger partial charge in [0.15, 0.2) is 17.7 Å². The maximum absolute atomic E-state index is 13.6. The molecule has 0 aromatic heterocycles. The average Bonchev–Trinajstić information content (AvgIpc) is 2.57. The number of carbonyl (C=O) groups is 1. The Morgan fingerprint density at radius 3 is 2.48 bits per heavy atom. The number of amides is 1. The summed E-state index contributed by atoms with van der Waals surface area (Å²) in [6, 6.07) is 12.0. The van der Waals surface area contributed by atoms with Crippen LogP contribution in [0.3, 0.4) is 0 Å². The summed E-state index contributed by atoms with van der Waals surface area (Å²) in [6.45, 7) is 6.53. The maximum atomic E-state index is 13.6. The highest BCUT2D eigenvalue weighted by atomic mass is 19.1. The van der Waals surface area contributed by atoms with E-state index < -0.39 is 11.9 Å². The molecule has 2 aromatic carbocycles. The fourth-order valence-corrected chi connectivity index (χ4v) is 2.49. The van der Waals surface area contributed by atoms with Crippen molar-refractivity contribution in [3.63, 3.8) is 0 Å². The van der Waals surface area contributed by atoms with E-state index in [1.807, 2.05) is 32.9 Å². The summed E-state index contributed by atoms with van der Waals surface area (Å²) in [4.78, 5) is 12.2. The number of hydrogen-bond donors (Lipinski definition) is 1. The number of rotatable bonds is 8. The Labute approximate surface area is 148 Å². The van der Waals surface area contributed by atoms with Crippen molar-refractivity contribution in [1.82, 2.24) is 5.32 Å². The van der Waals surface area contributed by atoms with Crippen LogP contribution >= 0.6 is 0 Å². The van der Waals surface area contributed by atoms with Crippen molar-refractivity contribution in [1.29, 1.82) is 0 Å². The lowest BCUT2D eigenvalue weighted by atomic mass is 10.1. The van der Waals surface area contributed by atoms with E-state index in [2.05, 4.69) is 11.4 Å². The second-order valence-corrected chi connectivity index (χ2v) is 5.91. The highest BCUT2D eigenvalue weighted by molar-refractivity contribution is 5.81. The molecule has 0 bridgehead atoms. The SMILES string of the molecule is CC[C@@H](Oc1ccccc1F)C(=O)NCCOc1cc(C)cc(C)c1. The van der Waals surface area contributed by atoms with E-state index in [1.54, 1.807) is 12.1 Å². The molecule has 4 nitrogen and oxygen atoms in total. The third-order valence-electron chi connectivity index (χ3n) is 3.63. The molecular formula is C20H24FNO3. The molecule has 0 spiro atoms. The minimum absolute atomic E-state index is 0.0796. The van der Waals surface area contributed by atoms with Gasteiger partial charge in [-0.1, -0.05) is 25.1 Å². The molecule has 0 fully saturated rings. The first-order valence-corrected chi connectivity index (χ1v) is 8.39. The molecule has 1 N–H and O–H groups in total. The molecule has 0 radical (unpaired) electrons. The number of ether oxygens (including phenoxy) is 2. The molecule has 5 heteroatoms. The Bertz CT molecular complexity index is 698. The second-order valence-electron chi connectivity index (χ2n) is 5.91. The van der Waals surface area contributed by atoms with Crippen molar-refractivity contribution >= 4 is 5.91 Å². The van der Waals surface area contributed by atoms with E-state index >= 15 is 0 Å². The monoisotopic (exact) mass is 345 g/mol. The highest BCUT2D eigenvalue weighted by Crippen LogP contribution is 2.18. The van der Waals surface area contributed by atoms with Crippen LogP contribution in [0.25, 0.3) is 0 Å². The van der Waals surface area contributed by atoms with Crippen molar-refractivity contribution in [2.75, 3.05) is 13.2 Å². The first-order chi connectivity index (χ1) is 12.0. The molecular weight excluding hydrogens is 321 g/mol. The number of benzene rings is 2. The summed E-state index contributed by atoms with van der Waals surface area (Å²) in [7, 11) is 0. The molecule has 0 saturated heterocycles. The summed E-state index contributed by atoms with van der Waals surface area (Å²) in [5.41, 5.74) is 2.26. The summed E-state index contributed by atoms with van der Waals surface area (Å²) in [5, 5.41) is 2.76. The van der Waals surface area contributed by atoms with Gasteiger partial charge in [0.05, 0.1) is 6.54 Å². The van der Waals surface area contributed by atoms with Gasteiger partial charge in [-0.3, -0.25) is 4.79 Å². The van der Waals surface area contributed by atoms with Crippen LogP contribution in [-0.4, -0.2) is 25.2 Å². The molecule has 0 aliphatic rings. The van der Waals surface area contributed by atoms with Gasteiger partial charge in [-0.25, -0.2) is 4.39 Å². The summed E-state index contributed by atoms with van der Waals surface area (Å²) in [5.74, 6) is 0.0964. The Morgan fingerprint density at radius 2 is 1.84 bits per heavy atom. The first-order valence-electron chi connectivity index (χ1n) is 8.39. The lowest BCUT2D eigenvalue weighted by Gasteiger charge is -2.17. The minimum atomic E-state index is -0.738. The van der Waals surface area contributed by atoms with Gasteiger partial charge in [-0.2, -0.15) is 0 Å². The quantitative estimate of drug-likeness (QED) is 0.741. The van der Waals surface area contributed by atoms with Crippen molar-refractivity contribution in [2.24, 2.45) is 0 Å². The maximum Gasteiger partial charge on any atom is 0.261 e. The van der Waals surface area contributed by atoms with Crippen LogP contribution in [0.2, 0.25) is 0 Å². The Kier molecular flexibility index (Phi) is 6.81. The number of nitrogens with one attached hydrogen (secondary N) is 1. The third kappa shape index (κ3) is 5.78. The van der Waals surface area contributed by atoms with E-state index in [1.165, 1.54) is 12.1 Å². The van der Waals surface area contributed by atoms with Crippen LogP contribution in [0.5, 0.6) is 11.5 Å². The fraction of sp³-hybridized carbons (Fsp3) is 0.350. The first kappa shape index (κ1) is 18.8. The molecule has 0 aliphatic carbocycles. The van der Waals surface area contributed by atoms with Crippen LogP contribution < -0.4 is 14.8 Å². The van der Waals surface area contributed by atoms with Crippen LogP contribution in [0.4, 0.5) is 4.39 Å². The summed E-state index contributed by atoms with van der Waals surface area (Å²) < 4.78 is 24.8. The van der Waals surface area contributed by atoms with Gasteiger partial charge in [0.1, 0.15) is 12.4 Å². The van der Waals surface area contributed by atoms with Gasteiger partial charge in [0.25, 0.3) is 5.91 Å². The number of para-hydroxylation sites is 1. The molecule has 134 valence electrons. The lowest BCUT2D eigenvalue weighted by Crippen LogP contribution is -2.39. The van der Waals surface area contributed by atoms with E-state index in [4.69, 9.17) is 9.47 Å². The molecule has 0 saturated carbocycles. The standard InChI is InChI=1S/C20H24FNO3/c1-4-18(25-19-8-6-5-7-17(19)21)20(23)22-9-10-24-16-12-14(2)11-15(3)13-16/h5-8,11-13,18H,4,9-10H2,1-3H3,(H,22,23)/t18-/m1/s1. The van der Waals surface area contributed by atoms with Crippen LogP contribution in [0, 0.1) is 19.7 Å². The van der Waals surface area contributed by atoms with Gasteiger partial charge in [0, 0.05) is 0 Å². The molecule has 0 heterocycles. The van der Waals surface area contributed by atoms with Crippen molar-refractivity contribution < 1.29 is 18.7 Å². The van der Waals surface area contributed by atoms with Gasteiger partial charge in [-0.15, -0.1) is 0 Å². The van der Waals surface area contributed by atoms with Gasteiger partial charge < -0.3 is 14.8 Å². The zero-order valence-electron chi connectivity index (χ0n) is 14.8. The van der Waals surface area contributed by atoms with Crippen molar-refractivity contribution in [3.8, 4) is 11.5 Å². The average molecular weight is 345 g/mol. The molecule has 0 unspecified atom stereocenters. The highest BCUT2D eigenvalue weighted by Gasteiger charge is 2.19. The zero-order chi connectivity index (χ0) is 18.2. The smallest absolute Gasteiger partial charge is 0.261 e.